The maximum atomic E-state index is 13.8. The van der Waals surface area contributed by atoms with Gasteiger partial charge in [-0.15, -0.1) is 24.0 Å². The molecule has 170 valence electrons. The Balaban J connectivity index is 0.00000341. The Kier molecular flexibility index (Phi) is 11.0. The molecule has 2 aromatic carbocycles. The topological polar surface area (TPSA) is 64.1 Å². The van der Waals surface area contributed by atoms with Crippen molar-refractivity contribution in [2.24, 2.45) is 4.99 Å². The lowest BCUT2D eigenvalue weighted by Crippen LogP contribution is -2.39. The van der Waals surface area contributed by atoms with E-state index in [0.717, 1.165) is 29.8 Å². The Bertz CT molecular complexity index is 836. The Labute approximate surface area is 200 Å². The number of fused-ring (bicyclic) bond motifs is 1. The van der Waals surface area contributed by atoms with Gasteiger partial charge in [0, 0.05) is 32.3 Å². The molecule has 0 radical (unpaired) electrons. The zero-order valence-corrected chi connectivity index (χ0v) is 20.4. The quantitative estimate of drug-likeness (QED) is 0.215. The van der Waals surface area contributed by atoms with Gasteiger partial charge in [0.1, 0.15) is 11.6 Å². The fourth-order valence-corrected chi connectivity index (χ4v) is 3.34. The third-order valence-corrected chi connectivity index (χ3v) is 4.91. The van der Waals surface area contributed by atoms with Crippen molar-refractivity contribution in [1.82, 2.24) is 10.6 Å². The first-order valence-electron chi connectivity index (χ1n) is 10.3. The van der Waals surface area contributed by atoms with Gasteiger partial charge >= 0.3 is 0 Å². The van der Waals surface area contributed by atoms with Crippen LogP contribution in [0.1, 0.15) is 36.1 Å². The molecule has 0 spiro atoms. The van der Waals surface area contributed by atoms with Crippen LogP contribution in [0.5, 0.6) is 5.75 Å². The molecule has 0 saturated heterocycles. The number of rotatable bonds is 9. The van der Waals surface area contributed by atoms with Gasteiger partial charge in [-0.1, -0.05) is 30.3 Å². The van der Waals surface area contributed by atoms with Crippen LogP contribution in [0.25, 0.3) is 0 Å². The van der Waals surface area contributed by atoms with E-state index < -0.39 is 0 Å². The van der Waals surface area contributed by atoms with Gasteiger partial charge in [-0.2, -0.15) is 0 Å². The number of nitrogens with zero attached hydrogens (tertiary/aromatic N) is 1. The van der Waals surface area contributed by atoms with E-state index in [9.17, 15) is 4.39 Å². The van der Waals surface area contributed by atoms with Crippen molar-refractivity contribution >= 4 is 29.9 Å². The van der Waals surface area contributed by atoms with Crippen LogP contribution in [-0.4, -0.2) is 39.5 Å². The van der Waals surface area contributed by atoms with Gasteiger partial charge in [-0.3, -0.25) is 4.99 Å². The summed E-state index contributed by atoms with van der Waals surface area (Å²) < 4.78 is 30.5. The fourth-order valence-electron chi connectivity index (χ4n) is 3.34. The smallest absolute Gasteiger partial charge is 0.190 e. The van der Waals surface area contributed by atoms with E-state index >= 15 is 0 Å². The van der Waals surface area contributed by atoms with Crippen LogP contribution in [-0.2, 0) is 22.5 Å². The lowest BCUT2D eigenvalue weighted by molar-refractivity contribution is -0.0172. The van der Waals surface area contributed by atoms with Crippen molar-refractivity contribution in [3.63, 3.8) is 0 Å². The molecule has 0 bridgehead atoms. The molecule has 0 saturated carbocycles. The van der Waals surface area contributed by atoms with E-state index in [1.54, 1.807) is 7.05 Å². The number of hydrogen-bond donors (Lipinski definition) is 2. The first-order chi connectivity index (χ1) is 14.7. The van der Waals surface area contributed by atoms with Crippen LogP contribution in [0.4, 0.5) is 4.39 Å². The van der Waals surface area contributed by atoms with E-state index in [-0.39, 0.29) is 42.7 Å². The second kappa shape index (κ2) is 13.5. The molecule has 1 heterocycles. The Morgan fingerprint density at radius 1 is 1.19 bits per heavy atom. The highest BCUT2D eigenvalue weighted by molar-refractivity contribution is 14.0. The third-order valence-electron chi connectivity index (χ3n) is 4.91. The van der Waals surface area contributed by atoms with Crippen LogP contribution in [0.15, 0.2) is 47.5 Å². The molecular formula is C23H31FIN3O3. The average Bonchev–Trinajstić information content (AvgIpc) is 2.77. The highest BCUT2D eigenvalue weighted by Crippen LogP contribution is 2.29. The van der Waals surface area contributed by atoms with Crippen molar-refractivity contribution < 1.29 is 18.6 Å². The summed E-state index contributed by atoms with van der Waals surface area (Å²) in [6.45, 7) is 4.66. The molecule has 31 heavy (non-hydrogen) atoms. The van der Waals surface area contributed by atoms with E-state index in [1.807, 2.05) is 18.2 Å². The van der Waals surface area contributed by atoms with Crippen molar-refractivity contribution in [2.75, 3.05) is 33.5 Å². The van der Waals surface area contributed by atoms with Crippen molar-refractivity contribution in [3.8, 4) is 5.75 Å². The van der Waals surface area contributed by atoms with Crippen LogP contribution in [0.3, 0.4) is 0 Å². The van der Waals surface area contributed by atoms with E-state index in [1.165, 1.54) is 17.7 Å². The lowest BCUT2D eigenvalue weighted by atomic mass is 10.1. The number of nitrogens with one attached hydrogen (secondary N) is 2. The van der Waals surface area contributed by atoms with Crippen LogP contribution >= 0.6 is 24.0 Å². The van der Waals surface area contributed by atoms with Crippen molar-refractivity contribution in [1.29, 1.82) is 0 Å². The number of benzene rings is 2. The molecule has 8 heteroatoms. The second-order valence-corrected chi connectivity index (χ2v) is 7.12. The minimum Gasteiger partial charge on any atom is -0.467 e. The van der Waals surface area contributed by atoms with E-state index in [4.69, 9.17) is 14.2 Å². The zero-order valence-electron chi connectivity index (χ0n) is 18.0. The largest absolute Gasteiger partial charge is 0.467 e. The number of hydrogen-bond acceptors (Lipinski definition) is 4. The normalized spacial score (nSPS) is 14.1. The summed E-state index contributed by atoms with van der Waals surface area (Å²) in [6.07, 6.45) is 1.56. The lowest BCUT2D eigenvalue weighted by Gasteiger charge is -2.21. The predicted molar refractivity (Wildman–Crippen MR) is 131 cm³/mol. The second-order valence-electron chi connectivity index (χ2n) is 7.12. The molecule has 2 N–H and O–H groups in total. The summed E-state index contributed by atoms with van der Waals surface area (Å²) in [7, 11) is 1.73. The maximum absolute atomic E-state index is 13.8. The SMILES string of the molecule is CN=C(NCCCOC(C)c1ccccc1)NCCc1cc(F)cc2c1OCOC2.I. The minimum absolute atomic E-state index is 0. The van der Waals surface area contributed by atoms with E-state index in [2.05, 4.69) is 34.7 Å². The van der Waals surface area contributed by atoms with Gasteiger partial charge in [0.05, 0.1) is 12.7 Å². The van der Waals surface area contributed by atoms with Gasteiger partial charge in [0.2, 0.25) is 0 Å². The highest BCUT2D eigenvalue weighted by Gasteiger charge is 2.16. The maximum Gasteiger partial charge on any atom is 0.190 e. The summed E-state index contributed by atoms with van der Waals surface area (Å²) in [5.41, 5.74) is 2.76. The standard InChI is InChI=1S/C23H30FN3O3.HI/c1-17(18-7-4-3-5-8-18)29-12-6-10-26-23(25-2)27-11-9-19-13-21(24)14-20-15-28-16-30-22(19)20;/h3-5,7-8,13-14,17H,6,9-12,15-16H2,1-2H3,(H2,25,26,27);1H. The van der Waals surface area contributed by atoms with Gasteiger partial charge in [-0.05, 0) is 43.0 Å². The molecule has 0 fully saturated rings. The molecule has 0 amide bonds. The monoisotopic (exact) mass is 543 g/mol. The van der Waals surface area contributed by atoms with Gasteiger partial charge in [-0.25, -0.2) is 4.39 Å². The summed E-state index contributed by atoms with van der Waals surface area (Å²) in [5.74, 6) is 1.17. The van der Waals surface area contributed by atoms with Crippen molar-refractivity contribution in [3.05, 3.63) is 65.0 Å². The molecule has 2 aromatic rings. The summed E-state index contributed by atoms with van der Waals surface area (Å²) in [4.78, 5) is 4.23. The third kappa shape index (κ3) is 7.93. The first kappa shape index (κ1) is 25.4. The Hall–Kier alpha value is -1.91. The number of halogens is 2. The molecule has 6 nitrogen and oxygen atoms in total. The molecule has 0 aromatic heterocycles. The molecule has 1 aliphatic rings. The van der Waals surface area contributed by atoms with Crippen LogP contribution in [0.2, 0.25) is 0 Å². The summed E-state index contributed by atoms with van der Waals surface area (Å²) in [6, 6.07) is 13.2. The number of aliphatic imine (C=N–C) groups is 1. The van der Waals surface area contributed by atoms with Gasteiger partial charge in [0.15, 0.2) is 12.8 Å². The Morgan fingerprint density at radius 2 is 1.97 bits per heavy atom. The number of ether oxygens (including phenoxy) is 3. The Morgan fingerprint density at radius 3 is 2.74 bits per heavy atom. The predicted octanol–water partition coefficient (Wildman–Crippen LogP) is 4.19. The highest BCUT2D eigenvalue weighted by atomic mass is 127. The van der Waals surface area contributed by atoms with Crippen LogP contribution < -0.4 is 15.4 Å². The summed E-state index contributed by atoms with van der Waals surface area (Å²) >= 11 is 0. The molecule has 0 aliphatic carbocycles. The minimum atomic E-state index is -0.273. The van der Waals surface area contributed by atoms with Gasteiger partial charge in [0.25, 0.3) is 0 Å². The average molecular weight is 543 g/mol. The molecule has 1 aliphatic heterocycles. The molecule has 1 atom stereocenters. The summed E-state index contributed by atoms with van der Waals surface area (Å²) in [5, 5.41) is 6.53. The number of guanidine groups is 1. The molecular weight excluding hydrogens is 512 g/mol. The van der Waals surface area contributed by atoms with Crippen molar-refractivity contribution in [2.45, 2.75) is 32.5 Å². The van der Waals surface area contributed by atoms with E-state index in [0.29, 0.717) is 32.1 Å². The molecule has 3 rings (SSSR count). The van der Waals surface area contributed by atoms with Crippen LogP contribution in [0, 0.1) is 5.82 Å². The fraction of sp³-hybridized carbons (Fsp3) is 0.435. The molecule has 1 unspecified atom stereocenters. The van der Waals surface area contributed by atoms with Gasteiger partial charge < -0.3 is 24.8 Å². The zero-order chi connectivity index (χ0) is 21.2. The first-order valence-corrected chi connectivity index (χ1v) is 10.3.